The van der Waals surface area contributed by atoms with E-state index in [9.17, 15) is 0 Å². The van der Waals surface area contributed by atoms with Gasteiger partial charge in [0.25, 0.3) is 0 Å². The van der Waals surface area contributed by atoms with Gasteiger partial charge in [-0.25, -0.2) is 0 Å². The molecule has 2 rings (SSSR count). The van der Waals surface area contributed by atoms with Gasteiger partial charge >= 0.3 is 0 Å². The smallest absolute Gasteiger partial charge is 0.177 e. The van der Waals surface area contributed by atoms with Crippen molar-refractivity contribution in [1.82, 2.24) is 0 Å². The zero-order valence-electron chi connectivity index (χ0n) is 7.76. The largest absolute Gasteiger partial charge is 0.380 e. The Balaban J connectivity index is 2.18. The fourth-order valence-electron chi connectivity index (χ4n) is 2.25. The van der Waals surface area contributed by atoms with E-state index in [0.717, 1.165) is 19.6 Å². The van der Waals surface area contributed by atoms with Crippen molar-refractivity contribution in [3.63, 3.8) is 0 Å². The fourth-order valence-corrected chi connectivity index (χ4v) is 2.25. The lowest BCUT2D eigenvalue weighted by molar-refractivity contribution is -0.286. The highest BCUT2D eigenvalue weighted by Gasteiger charge is 2.62. The van der Waals surface area contributed by atoms with Crippen LogP contribution in [0, 0.1) is 5.41 Å². The summed E-state index contributed by atoms with van der Waals surface area (Å²) in [5.41, 5.74) is 0.175. The van der Waals surface area contributed by atoms with Crippen molar-refractivity contribution in [2.45, 2.75) is 25.0 Å². The highest BCUT2D eigenvalue weighted by Crippen LogP contribution is 2.58. The van der Waals surface area contributed by atoms with Crippen molar-refractivity contribution in [2.24, 2.45) is 5.41 Å². The van der Waals surface area contributed by atoms with Gasteiger partial charge in [0.2, 0.25) is 0 Å². The first-order valence-electron chi connectivity index (χ1n) is 4.47. The highest BCUT2D eigenvalue weighted by molar-refractivity contribution is 5.06. The van der Waals surface area contributed by atoms with Crippen LogP contribution >= 0.6 is 0 Å². The molecule has 0 atom stereocenters. The van der Waals surface area contributed by atoms with E-state index >= 15 is 0 Å². The van der Waals surface area contributed by atoms with E-state index in [1.165, 1.54) is 12.8 Å². The van der Waals surface area contributed by atoms with Gasteiger partial charge in [-0.2, -0.15) is 0 Å². The molecule has 3 nitrogen and oxygen atoms in total. The molecule has 0 aromatic rings. The molecule has 0 unspecified atom stereocenters. The van der Waals surface area contributed by atoms with Gasteiger partial charge in [0, 0.05) is 26.1 Å². The minimum Gasteiger partial charge on any atom is -0.380 e. The molecule has 3 heteroatoms. The van der Waals surface area contributed by atoms with Gasteiger partial charge in [-0.15, -0.1) is 0 Å². The molecule has 1 aliphatic heterocycles. The summed E-state index contributed by atoms with van der Waals surface area (Å²) < 4.78 is 16.5. The van der Waals surface area contributed by atoms with Crippen LogP contribution in [0.15, 0.2) is 0 Å². The van der Waals surface area contributed by atoms with E-state index in [4.69, 9.17) is 14.2 Å². The SMILES string of the molecule is COC1(OC)CCOCC12CC2. The molecule has 2 fully saturated rings. The third kappa shape index (κ3) is 0.934. The van der Waals surface area contributed by atoms with Gasteiger partial charge in [0.05, 0.1) is 13.2 Å². The maximum absolute atomic E-state index is 5.50. The summed E-state index contributed by atoms with van der Waals surface area (Å²) in [6, 6.07) is 0. The number of ether oxygens (including phenoxy) is 3. The average Bonchev–Trinajstić information content (AvgIpc) is 2.88. The summed E-state index contributed by atoms with van der Waals surface area (Å²) in [7, 11) is 3.46. The molecule has 0 bridgehead atoms. The van der Waals surface area contributed by atoms with E-state index in [1.54, 1.807) is 14.2 Å². The molecule has 0 amide bonds. The van der Waals surface area contributed by atoms with Gasteiger partial charge < -0.3 is 14.2 Å². The van der Waals surface area contributed by atoms with E-state index < -0.39 is 0 Å². The number of rotatable bonds is 2. The molecule has 0 aromatic carbocycles. The molecule has 2 aliphatic rings. The van der Waals surface area contributed by atoms with Crippen molar-refractivity contribution in [2.75, 3.05) is 27.4 Å². The molecular weight excluding hydrogens is 156 g/mol. The Morgan fingerprint density at radius 1 is 1.08 bits per heavy atom. The van der Waals surface area contributed by atoms with E-state index in [1.807, 2.05) is 0 Å². The second kappa shape index (κ2) is 2.69. The molecule has 1 aliphatic carbocycles. The zero-order valence-corrected chi connectivity index (χ0v) is 7.76. The van der Waals surface area contributed by atoms with Crippen LogP contribution in [0.4, 0.5) is 0 Å². The molecule has 1 spiro atoms. The van der Waals surface area contributed by atoms with Crippen LogP contribution in [0.2, 0.25) is 0 Å². The molecule has 1 heterocycles. The zero-order chi connectivity index (χ0) is 8.66. The predicted molar refractivity (Wildman–Crippen MR) is 43.9 cm³/mol. The van der Waals surface area contributed by atoms with Crippen LogP contribution in [-0.4, -0.2) is 33.2 Å². The van der Waals surface area contributed by atoms with Gasteiger partial charge in [-0.1, -0.05) is 0 Å². The molecule has 12 heavy (non-hydrogen) atoms. The monoisotopic (exact) mass is 172 g/mol. The number of hydrogen-bond acceptors (Lipinski definition) is 3. The maximum atomic E-state index is 5.50. The van der Waals surface area contributed by atoms with Crippen LogP contribution in [-0.2, 0) is 14.2 Å². The topological polar surface area (TPSA) is 27.7 Å². The summed E-state index contributed by atoms with van der Waals surface area (Å²) >= 11 is 0. The predicted octanol–water partition coefficient (Wildman–Crippen LogP) is 1.18. The Labute approximate surface area is 73.0 Å². The van der Waals surface area contributed by atoms with Gasteiger partial charge in [-0.3, -0.25) is 0 Å². The van der Waals surface area contributed by atoms with Crippen molar-refractivity contribution < 1.29 is 14.2 Å². The summed E-state index contributed by atoms with van der Waals surface area (Å²) in [6.45, 7) is 1.55. The minimum absolute atomic E-state index is 0.175. The molecule has 0 aromatic heterocycles. The summed E-state index contributed by atoms with van der Waals surface area (Å²) in [5, 5.41) is 0. The second-order valence-corrected chi connectivity index (χ2v) is 3.74. The lowest BCUT2D eigenvalue weighted by Gasteiger charge is -2.42. The molecule has 0 radical (unpaired) electrons. The Morgan fingerprint density at radius 2 is 1.75 bits per heavy atom. The first-order valence-corrected chi connectivity index (χ1v) is 4.47. The van der Waals surface area contributed by atoms with E-state index in [-0.39, 0.29) is 11.2 Å². The summed E-state index contributed by atoms with van der Waals surface area (Å²) in [4.78, 5) is 0. The quantitative estimate of drug-likeness (QED) is 0.585. The van der Waals surface area contributed by atoms with Gasteiger partial charge in [0.1, 0.15) is 0 Å². The van der Waals surface area contributed by atoms with E-state index in [2.05, 4.69) is 0 Å². The highest BCUT2D eigenvalue weighted by atomic mass is 16.7. The first-order chi connectivity index (χ1) is 5.79. The molecule has 1 saturated heterocycles. The maximum Gasteiger partial charge on any atom is 0.177 e. The van der Waals surface area contributed by atoms with Crippen LogP contribution < -0.4 is 0 Å². The number of hydrogen-bond donors (Lipinski definition) is 0. The molecular formula is C9H16O3. The van der Waals surface area contributed by atoms with Crippen LogP contribution in [0.3, 0.4) is 0 Å². The van der Waals surface area contributed by atoms with Gasteiger partial charge in [0.15, 0.2) is 5.79 Å². The fraction of sp³-hybridized carbons (Fsp3) is 1.00. The average molecular weight is 172 g/mol. The standard InChI is InChI=1S/C9H16O3/c1-10-9(11-2)5-6-12-7-8(9)3-4-8/h3-7H2,1-2H3. The van der Waals surface area contributed by atoms with E-state index in [0.29, 0.717) is 0 Å². The first kappa shape index (κ1) is 8.48. The molecule has 70 valence electrons. The normalized spacial score (nSPS) is 30.5. The van der Waals surface area contributed by atoms with Crippen LogP contribution in [0.1, 0.15) is 19.3 Å². The van der Waals surface area contributed by atoms with Crippen molar-refractivity contribution >= 4 is 0 Å². The Hall–Kier alpha value is -0.120. The number of methoxy groups -OCH3 is 2. The Bertz CT molecular complexity index is 171. The van der Waals surface area contributed by atoms with Crippen molar-refractivity contribution in [1.29, 1.82) is 0 Å². The van der Waals surface area contributed by atoms with Gasteiger partial charge in [-0.05, 0) is 12.8 Å². The Kier molecular flexibility index (Phi) is 1.90. The third-order valence-electron chi connectivity index (χ3n) is 3.27. The summed E-state index contributed by atoms with van der Waals surface area (Å²) in [5.74, 6) is -0.356. The molecule has 0 N–H and O–H groups in total. The second-order valence-electron chi connectivity index (χ2n) is 3.74. The molecule has 1 saturated carbocycles. The lowest BCUT2D eigenvalue weighted by atomic mass is 9.91. The summed E-state index contributed by atoms with van der Waals surface area (Å²) in [6.07, 6.45) is 3.21. The van der Waals surface area contributed by atoms with Crippen LogP contribution in [0.25, 0.3) is 0 Å². The lowest BCUT2D eigenvalue weighted by Crippen LogP contribution is -2.50. The van der Waals surface area contributed by atoms with Crippen molar-refractivity contribution in [3.8, 4) is 0 Å². The van der Waals surface area contributed by atoms with Crippen molar-refractivity contribution in [3.05, 3.63) is 0 Å². The Morgan fingerprint density at radius 3 is 2.17 bits per heavy atom. The third-order valence-corrected chi connectivity index (χ3v) is 3.27. The minimum atomic E-state index is -0.356. The van der Waals surface area contributed by atoms with Crippen LogP contribution in [0.5, 0.6) is 0 Å².